The summed E-state index contributed by atoms with van der Waals surface area (Å²) in [7, 11) is 0. The fraction of sp³-hybridized carbons (Fsp3) is 0.571. The van der Waals surface area contributed by atoms with Crippen molar-refractivity contribution in [2.75, 3.05) is 39.4 Å². The quantitative estimate of drug-likeness (QED) is 0.871. The van der Waals surface area contributed by atoms with Crippen LogP contribution in [-0.2, 0) is 17.8 Å². The van der Waals surface area contributed by atoms with Crippen molar-refractivity contribution < 1.29 is 9.84 Å². The second-order valence-electron chi connectivity index (χ2n) is 8.22. The van der Waals surface area contributed by atoms with Gasteiger partial charge in [-0.05, 0) is 25.5 Å². The van der Waals surface area contributed by atoms with E-state index < -0.39 is 6.10 Å². The molecule has 0 saturated carbocycles. The number of morpholine rings is 1. The maximum absolute atomic E-state index is 10.7. The molecule has 1 atom stereocenters. The molecule has 1 aromatic heterocycles. The lowest BCUT2D eigenvalue weighted by molar-refractivity contribution is -0.0244. The Morgan fingerprint density at radius 1 is 1.11 bits per heavy atom. The van der Waals surface area contributed by atoms with E-state index in [4.69, 9.17) is 4.74 Å². The van der Waals surface area contributed by atoms with E-state index in [0.717, 1.165) is 63.7 Å². The van der Waals surface area contributed by atoms with Gasteiger partial charge in [0.15, 0.2) is 0 Å². The zero-order valence-corrected chi connectivity index (χ0v) is 16.3. The summed E-state index contributed by atoms with van der Waals surface area (Å²) in [6.45, 7) is 12.1. The van der Waals surface area contributed by atoms with Crippen LogP contribution in [-0.4, -0.2) is 69.6 Å². The normalized spacial score (nSPS) is 20.4. The molecule has 0 aliphatic carbocycles. The molecular weight excluding hydrogens is 340 g/mol. The first-order valence-corrected chi connectivity index (χ1v) is 9.88. The summed E-state index contributed by atoms with van der Waals surface area (Å²) in [6, 6.07) is 11.8. The summed E-state index contributed by atoms with van der Waals surface area (Å²) in [5.41, 5.74) is 2.94. The predicted octanol–water partition coefficient (Wildman–Crippen LogP) is 1.89. The molecule has 1 aromatic carbocycles. The van der Waals surface area contributed by atoms with Crippen molar-refractivity contribution in [1.29, 1.82) is 0 Å². The molecule has 1 saturated heterocycles. The third-order valence-corrected chi connectivity index (χ3v) is 5.77. The second kappa shape index (κ2) is 7.72. The Balaban J connectivity index is 1.43. The molecule has 2 aromatic rings. The molecule has 1 fully saturated rings. The minimum Gasteiger partial charge on any atom is -0.382 e. The molecule has 6 nitrogen and oxygen atoms in total. The Bertz CT molecular complexity index is 753. The molecule has 146 valence electrons. The van der Waals surface area contributed by atoms with Gasteiger partial charge < -0.3 is 9.84 Å². The van der Waals surface area contributed by atoms with Crippen LogP contribution in [0.3, 0.4) is 0 Å². The third kappa shape index (κ3) is 4.09. The number of fused-ring (bicyclic) bond motifs is 1. The fourth-order valence-electron chi connectivity index (χ4n) is 4.23. The number of hydrogen-bond acceptors (Lipinski definition) is 5. The van der Waals surface area contributed by atoms with Crippen molar-refractivity contribution >= 4 is 0 Å². The van der Waals surface area contributed by atoms with Gasteiger partial charge in [0.2, 0.25) is 0 Å². The Hall–Kier alpha value is -1.73. The van der Waals surface area contributed by atoms with Crippen LogP contribution in [0.4, 0.5) is 0 Å². The third-order valence-electron chi connectivity index (χ3n) is 5.77. The number of benzene rings is 1. The molecule has 4 rings (SSSR count). The van der Waals surface area contributed by atoms with E-state index in [9.17, 15) is 5.11 Å². The van der Waals surface area contributed by atoms with Gasteiger partial charge in [-0.1, -0.05) is 30.3 Å². The zero-order chi connectivity index (χ0) is 18.9. The largest absolute Gasteiger partial charge is 0.382 e. The monoisotopic (exact) mass is 370 g/mol. The van der Waals surface area contributed by atoms with E-state index in [1.807, 2.05) is 30.3 Å². The van der Waals surface area contributed by atoms with Gasteiger partial charge in [-0.15, -0.1) is 0 Å². The van der Waals surface area contributed by atoms with E-state index in [0.29, 0.717) is 0 Å². The first-order chi connectivity index (χ1) is 13.0. The van der Waals surface area contributed by atoms with Crippen LogP contribution in [0, 0.1) is 0 Å². The molecule has 0 bridgehead atoms. The summed E-state index contributed by atoms with van der Waals surface area (Å²) >= 11 is 0. The lowest BCUT2D eigenvalue weighted by Crippen LogP contribution is -2.56. The Morgan fingerprint density at radius 2 is 1.85 bits per heavy atom. The minimum absolute atomic E-state index is 0.123. The van der Waals surface area contributed by atoms with Gasteiger partial charge in [-0.25, -0.2) is 0 Å². The average molecular weight is 370 g/mol. The highest BCUT2D eigenvalue weighted by molar-refractivity contribution is 5.27. The Kier molecular flexibility index (Phi) is 5.32. The number of aromatic nitrogens is 2. The van der Waals surface area contributed by atoms with Crippen LogP contribution in [0.1, 0.15) is 36.9 Å². The van der Waals surface area contributed by atoms with Gasteiger partial charge >= 0.3 is 0 Å². The topological polar surface area (TPSA) is 53.8 Å². The van der Waals surface area contributed by atoms with Gasteiger partial charge in [0.1, 0.15) is 6.10 Å². The average Bonchev–Trinajstić information content (AvgIpc) is 3.12. The van der Waals surface area contributed by atoms with Gasteiger partial charge in [-0.2, -0.15) is 5.10 Å². The van der Waals surface area contributed by atoms with Crippen LogP contribution < -0.4 is 0 Å². The van der Waals surface area contributed by atoms with Crippen LogP contribution in [0.25, 0.3) is 0 Å². The highest BCUT2D eigenvalue weighted by atomic mass is 16.5. The maximum Gasteiger partial charge on any atom is 0.123 e. The maximum atomic E-state index is 10.7. The van der Waals surface area contributed by atoms with Crippen molar-refractivity contribution in [3.63, 3.8) is 0 Å². The Morgan fingerprint density at radius 3 is 2.59 bits per heavy atom. The standard InChI is InChI=1S/C21H30N4O2/c1-21(2,24-10-12-27-13-11-24)16-23-8-9-25-18(15-23)14-19(22-25)20(26)17-6-4-3-5-7-17/h3-7,14,20,26H,8-13,15-16H2,1-2H3/t20-/m1/s1. The highest BCUT2D eigenvalue weighted by Crippen LogP contribution is 2.25. The number of nitrogens with zero attached hydrogens (tertiary/aromatic N) is 4. The second-order valence-corrected chi connectivity index (χ2v) is 8.22. The fourth-order valence-corrected chi connectivity index (χ4v) is 4.23. The van der Waals surface area contributed by atoms with Crippen molar-refractivity contribution in [2.45, 2.75) is 38.6 Å². The predicted molar refractivity (Wildman–Crippen MR) is 104 cm³/mol. The zero-order valence-electron chi connectivity index (χ0n) is 16.3. The van der Waals surface area contributed by atoms with Crippen molar-refractivity contribution in [2.24, 2.45) is 0 Å². The molecule has 6 heteroatoms. The van der Waals surface area contributed by atoms with Gasteiger partial charge in [0.25, 0.3) is 0 Å². The lowest BCUT2D eigenvalue weighted by atomic mass is 10.0. The van der Waals surface area contributed by atoms with E-state index in [1.54, 1.807) is 0 Å². The molecule has 2 aliphatic rings. The van der Waals surface area contributed by atoms with Gasteiger partial charge in [0.05, 0.1) is 31.1 Å². The van der Waals surface area contributed by atoms with Crippen LogP contribution >= 0.6 is 0 Å². The number of aliphatic hydroxyl groups excluding tert-OH is 1. The SMILES string of the molecule is CC(C)(CN1CCn2nc([C@H](O)c3ccccc3)cc2C1)N1CCOCC1. The smallest absolute Gasteiger partial charge is 0.123 e. The molecule has 0 spiro atoms. The summed E-state index contributed by atoms with van der Waals surface area (Å²) < 4.78 is 7.56. The van der Waals surface area contributed by atoms with Crippen molar-refractivity contribution in [1.82, 2.24) is 19.6 Å². The van der Waals surface area contributed by atoms with Crippen molar-refractivity contribution in [3.05, 3.63) is 53.3 Å². The molecule has 0 amide bonds. The van der Waals surface area contributed by atoms with E-state index in [-0.39, 0.29) is 5.54 Å². The molecule has 1 N–H and O–H groups in total. The molecule has 2 aliphatic heterocycles. The summed E-state index contributed by atoms with van der Waals surface area (Å²) in [5, 5.41) is 15.3. The number of hydrogen-bond donors (Lipinski definition) is 1. The summed E-state index contributed by atoms with van der Waals surface area (Å²) in [4.78, 5) is 5.04. The molecular formula is C21H30N4O2. The van der Waals surface area contributed by atoms with E-state index in [2.05, 4.69) is 39.5 Å². The van der Waals surface area contributed by atoms with Gasteiger partial charge in [0, 0.05) is 38.3 Å². The Labute approximate surface area is 161 Å². The number of aliphatic hydroxyl groups is 1. The molecule has 0 radical (unpaired) electrons. The lowest BCUT2D eigenvalue weighted by Gasteiger charge is -2.44. The summed E-state index contributed by atoms with van der Waals surface area (Å²) in [6.07, 6.45) is -0.664. The van der Waals surface area contributed by atoms with E-state index >= 15 is 0 Å². The molecule has 0 unspecified atom stereocenters. The number of ether oxygens (including phenoxy) is 1. The highest BCUT2D eigenvalue weighted by Gasteiger charge is 2.32. The molecule has 27 heavy (non-hydrogen) atoms. The van der Waals surface area contributed by atoms with E-state index in [1.165, 1.54) is 5.69 Å². The van der Waals surface area contributed by atoms with Gasteiger partial charge in [-0.3, -0.25) is 14.5 Å². The van der Waals surface area contributed by atoms with Crippen LogP contribution in [0.15, 0.2) is 36.4 Å². The summed E-state index contributed by atoms with van der Waals surface area (Å²) in [5.74, 6) is 0. The first-order valence-electron chi connectivity index (χ1n) is 9.88. The number of rotatable bonds is 5. The first kappa shape index (κ1) is 18.6. The van der Waals surface area contributed by atoms with Crippen LogP contribution in [0.2, 0.25) is 0 Å². The minimum atomic E-state index is -0.664. The van der Waals surface area contributed by atoms with Crippen molar-refractivity contribution in [3.8, 4) is 0 Å². The molecule has 3 heterocycles. The van der Waals surface area contributed by atoms with Crippen LogP contribution in [0.5, 0.6) is 0 Å².